The fourth-order valence-corrected chi connectivity index (χ4v) is 6.16. The van der Waals surface area contributed by atoms with Crippen molar-refractivity contribution in [1.29, 1.82) is 0 Å². The molecule has 8 nitrogen and oxygen atoms in total. The zero-order chi connectivity index (χ0) is 21.5. The van der Waals surface area contributed by atoms with Gasteiger partial charge in [0, 0.05) is 32.6 Å². The predicted molar refractivity (Wildman–Crippen MR) is 104 cm³/mol. The normalized spacial score (nSPS) is 22.3. The smallest absolute Gasteiger partial charge is 0.246 e. The Labute approximate surface area is 174 Å². The van der Waals surface area contributed by atoms with Crippen molar-refractivity contribution in [2.45, 2.75) is 37.0 Å². The molecule has 2 saturated heterocycles. The summed E-state index contributed by atoms with van der Waals surface area (Å²) in [5.74, 6) is -1.76. The summed E-state index contributed by atoms with van der Waals surface area (Å²) in [7, 11) is -4.00. The Morgan fingerprint density at radius 2 is 1.67 bits per heavy atom. The second-order valence-corrected chi connectivity index (χ2v) is 10.1. The van der Waals surface area contributed by atoms with E-state index in [1.165, 1.54) is 23.1 Å². The minimum absolute atomic E-state index is 0.0221. The summed E-state index contributed by atoms with van der Waals surface area (Å²) in [6.45, 7) is -0.0241. The molecule has 0 radical (unpaired) electrons. The van der Waals surface area contributed by atoms with Gasteiger partial charge in [-0.1, -0.05) is 25.0 Å². The molecular weight excluding hydrogens is 413 g/mol. The maximum Gasteiger partial charge on any atom is 0.246 e. The van der Waals surface area contributed by atoms with Gasteiger partial charge in [-0.2, -0.15) is 4.31 Å². The zero-order valence-corrected chi connectivity index (χ0v) is 17.4. The molecule has 0 N–H and O–H groups in total. The Kier molecular flexibility index (Phi) is 5.39. The number of benzene rings is 1. The van der Waals surface area contributed by atoms with Crippen molar-refractivity contribution in [1.82, 2.24) is 14.1 Å². The van der Waals surface area contributed by atoms with Gasteiger partial charge in [-0.3, -0.25) is 19.3 Å². The minimum Gasteiger partial charge on any atom is -0.338 e. The van der Waals surface area contributed by atoms with Crippen LogP contribution in [0.25, 0.3) is 0 Å². The van der Waals surface area contributed by atoms with Crippen molar-refractivity contribution >= 4 is 27.7 Å². The summed E-state index contributed by atoms with van der Waals surface area (Å²) < 4.78 is 40.4. The van der Waals surface area contributed by atoms with E-state index in [1.54, 1.807) is 0 Å². The standard InChI is InChI=1S/C20H24FN3O5S/c21-15-5-1-2-6-16(15)30(28,29)23-11-9-22(10-12-23)18(26)14-24-17(25)13-20(19(24)27)7-3-4-8-20/h1-2,5-6H,3-4,7-14H2. The molecule has 1 aromatic carbocycles. The minimum atomic E-state index is -4.00. The van der Waals surface area contributed by atoms with Crippen LogP contribution in [0.3, 0.4) is 0 Å². The highest BCUT2D eigenvalue weighted by Crippen LogP contribution is 2.46. The second kappa shape index (κ2) is 7.73. The molecule has 3 fully saturated rings. The Morgan fingerprint density at radius 1 is 1.03 bits per heavy atom. The van der Waals surface area contributed by atoms with Gasteiger partial charge in [0.15, 0.2) is 0 Å². The summed E-state index contributed by atoms with van der Waals surface area (Å²) in [6, 6.07) is 5.18. The van der Waals surface area contributed by atoms with E-state index in [2.05, 4.69) is 0 Å². The summed E-state index contributed by atoms with van der Waals surface area (Å²) >= 11 is 0. The lowest BCUT2D eigenvalue weighted by Crippen LogP contribution is -2.53. The maximum atomic E-state index is 13.9. The number of imide groups is 1. The van der Waals surface area contributed by atoms with Crippen LogP contribution >= 0.6 is 0 Å². The zero-order valence-electron chi connectivity index (χ0n) is 16.5. The Balaban J connectivity index is 1.38. The van der Waals surface area contributed by atoms with E-state index in [0.717, 1.165) is 28.1 Å². The SMILES string of the molecule is O=C(CN1C(=O)CC2(CCCC2)C1=O)N1CCN(S(=O)(=O)c2ccccc2F)CC1. The largest absolute Gasteiger partial charge is 0.338 e. The topological polar surface area (TPSA) is 95.1 Å². The monoisotopic (exact) mass is 437 g/mol. The van der Waals surface area contributed by atoms with Crippen molar-refractivity contribution < 1.29 is 27.2 Å². The van der Waals surface area contributed by atoms with E-state index in [4.69, 9.17) is 0 Å². The first-order valence-corrected chi connectivity index (χ1v) is 11.6. The molecule has 3 aliphatic rings. The van der Waals surface area contributed by atoms with Crippen molar-refractivity contribution in [2.24, 2.45) is 5.41 Å². The van der Waals surface area contributed by atoms with Crippen LogP contribution in [0, 0.1) is 11.2 Å². The molecule has 162 valence electrons. The molecule has 1 aromatic rings. The number of piperazine rings is 1. The molecule has 0 aromatic heterocycles. The molecule has 0 atom stereocenters. The fourth-order valence-electron chi connectivity index (χ4n) is 4.67. The van der Waals surface area contributed by atoms with Crippen molar-refractivity contribution in [2.75, 3.05) is 32.7 Å². The van der Waals surface area contributed by atoms with Crippen LogP contribution in [-0.2, 0) is 24.4 Å². The van der Waals surface area contributed by atoms with Gasteiger partial charge < -0.3 is 4.90 Å². The van der Waals surface area contributed by atoms with Gasteiger partial charge in [-0.15, -0.1) is 0 Å². The third kappa shape index (κ3) is 3.51. The molecule has 10 heteroatoms. The number of hydrogen-bond donors (Lipinski definition) is 0. The van der Waals surface area contributed by atoms with Crippen molar-refractivity contribution in [3.05, 3.63) is 30.1 Å². The lowest BCUT2D eigenvalue weighted by Gasteiger charge is -2.34. The summed E-state index contributed by atoms with van der Waals surface area (Å²) in [5, 5.41) is 0. The number of likely N-dealkylation sites (tertiary alicyclic amines) is 1. The number of carbonyl (C=O) groups excluding carboxylic acids is 3. The number of rotatable bonds is 4. The van der Waals surface area contributed by atoms with Crippen LogP contribution in [-0.4, -0.2) is 73.0 Å². The molecule has 0 bridgehead atoms. The van der Waals surface area contributed by atoms with E-state index in [-0.39, 0.29) is 61.8 Å². The Bertz CT molecular complexity index is 982. The molecule has 2 aliphatic heterocycles. The number of amides is 3. The maximum absolute atomic E-state index is 13.9. The van der Waals surface area contributed by atoms with Crippen LogP contribution in [0.1, 0.15) is 32.1 Å². The molecule has 4 rings (SSSR count). The van der Waals surface area contributed by atoms with E-state index >= 15 is 0 Å². The average Bonchev–Trinajstić information content (AvgIpc) is 3.29. The number of halogens is 1. The Hall–Kier alpha value is -2.33. The highest BCUT2D eigenvalue weighted by atomic mass is 32.2. The van der Waals surface area contributed by atoms with Crippen LogP contribution in [0.4, 0.5) is 4.39 Å². The van der Waals surface area contributed by atoms with E-state index in [1.807, 2.05) is 0 Å². The van der Waals surface area contributed by atoms with Gasteiger partial charge >= 0.3 is 0 Å². The Morgan fingerprint density at radius 3 is 2.30 bits per heavy atom. The molecule has 0 unspecified atom stereocenters. The van der Waals surface area contributed by atoms with Crippen molar-refractivity contribution in [3.8, 4) is 0 Å². The molecular formula is C20H24FN3O5S. The molecule has 1 spiro atoms. The lowest BCUT2D eigenvalue weighted by molar-refractivity contribution is -0.147. The summed E-state index contributed by atoms with van der Waals surface area (Å²) in [5.41, 5.74) is -0.621. The van der Waals surface area contributed by atoms with Gasteiger partial charge in [0.2, 0.25) is 27.7 Å². The van der Waals surface area contributed by atoms with Gasteiger partial charge in [0.25, 0.3) is 0 Å². The number of hydrogen-bond acceptors (Lipinski definition) is 5. The van der Waals surface area contributed by atoms with E-state index in [9.17, 15) is 27.2 Å². The summed E-state index contributed by atoms with van der Waals surface area (Å²) in [4.78, 5) is 39.9. The number of nitrogens with zero attached hydrogens (tertiary/aromatic N) is 3. The van der Waals surface area contributed by atoms with Crippen LogP contribution in [0.15, 0.2) is 29.2 Å². The molecule has 3 amide bonds. The quantitative estimate of drug-likeness (QED) is 0.655. The molecule has 1 saturated carbocycles. The third-order valence-electron chi connectivity index (χ3n) is 6.39. The molecule has 2 heterocycles. The summed E-state index contributed by atoms with van der Waals surface area (Å²) in [6.07, 6.45) is 3.38. The first-order valence-electron chi connectivity index (χ1n) is 10.1. The first kappa shape index (κ1) is 20.9. The predicted octanol–water partition coefficient (Wildman–Crippen LogP) is 0.978. The fraction of sp³-hybridized carbons (Fsp3) is 0.550. The van der Waals surface area contributed by atoms with Crippen LogP contribution in [0.5, 0.6) is 0 Å². The van der Waals surface area contributed by atoms with Crippen LogP contribution < -0.4 is 0 Å². The highest BCUT2D eigenvalue weighted by Gasteiger charge is 2.53. The van der Waals surface area contributed by atoms with Crippen molar-refractivity contribution in [3.63, 3.8) is 0 Å². The van der Waals surface area contributed by atoms with Gasteiger partial charge in [0.1, 0.15) is 17.3 Å². The lowest BCUT2D eigenvalue weighted by atomic mass is 9.84. The number of sulfonamides is 1. The van der Waals surface area contributed by atoms with Gasteiger partial charge in [-0.25, -0.2) is 12.8 Å². The van der Waals surface area contributed by atoms with Gasteiger partial charge in [-0.05, 0) is 25.0 Å². The first-order chi connectivity index (χ1) is 14.2. The number of carbonyl (C=O) groups is 3. The molecule has 1 aliphatic carbocycles. The third-order valence-corrected chi connectivity index (χ3v) is 8.32. The van der Waals surface area contributed by atoms with Crippen LogP contribution in [0.2, 0.25) is 0 Å². The van der Waals surface area contributed by atoms with E-state index in [0.29, 0.717) is 12.8 Å². The van der Waals surface area contributed by atoms with E-state index < -0.39 is 21.3 Å². The highest BCUT2D eigenvalue weighted by molar-refractivity contribution is 7.89. The van der Waals surface area contributed by atoms with Gasteiger partial charge in [0.05, 0.1) is 5.41 Å². The second-order valence-electron chi connectivity index (χ2n) is 8.16. The average molecular weight is 437 g/mol. The molecule has 30 heavy (non-hydrogen) atoms.